The summed E-state index contributed by atoms with van der Waals surface area (Å²) in [7, 11) is 7.90. The van der Waals surface area contributed by atoms with Crippen LogP contribution in [0.15, 0.2) is 18.2 Å². The summed E-state index contributed by atoms with van der Waals surface area (Å²) >= 11 is 0. The second-order valence-electron chi connectivity index (χ2n) is 5.63. The fraction of sp³-hybridized carbons (Fsp3) is 0.533. The third-order valence-corrected chi connectivity index (χ3v) is 3.16. The van der Waals surface area contributed by atoms with Crippen LogP contribution in [0.5, 0.6) is 0 Å². The van der Waals surface area contributed by atoms with Gasteiger partial charge in [-0.3, -0.25) is 4.79 Å². The van der Waals surface area contributed by atoms with Gasteiger partial charge in [-0.05, 0) is 52.2 Å². The molecule has 1 aromatic carbocycles. The molecule has 0 saturated carbocycles. The maximum atomic E-state index is 12.1. The van der Waals surface area contributed by atoms with E-state index in [9.17, 15) is 4.79 Å². The predicted molar refractivity (Wildman–Crippen MR) is 85.3 cm³/mol. The first-order valence-electron chi connectivity index (χ1n) is 6.83. The highest BCUT2D eigenvalue weighted by Gasteiger charge is 2.12. The van der Waals surface area contributed by atoms with Crippen molar-refractivity contribution in [2.75, 3.05) is 45.4 Å². The highest BCUT2D eigenvalue weighted by atomic mass is 16.1. The van der Waals surface area contributed by atoms with Gasteiger partial charge in [-0.1, -0.05) is 0 Å². The summed E-state index contributed by atoms with van der Waals surface area (Å²) < 4.78 is 0. The van der Waals surface area contributed by atoms with Gasteiger partial charge in [0.15, 0.2) is 0 Å². The van der Waals surface area contributed by atoms with E-state index in [1.54, 1.807) is 12.1 Å². The molecule has 1 aromatic rings. The number of nitrogens with zero attached hydrogens (tertiary/aromatic N) is 2. The smallest absolute Gasteiger partial charge is 0.251 e. The monoisotopic (exact) mass is 278 g/mol. The van der Waals surface area contributed by atoms with Crippen molar-refractivity contribution in [2.24, 2.45) is 0 Å². The van der Waals surface area contributed by atoms with Gasteiger partial charge in [-0.2, -0.15) is 0 Å². The molecule has 0 fully saturated rings. The molecule has 1 rings (SSSR count). The van der Waals surface area contributed by atoms with E-state index in [0.717, 1.165) is 18.7 Å². The van der Waals surface area contributed by atoms with Crippen LogP contribution >= 0.6 is 0 Å². The Labute approximate surface area is 121 Å². The Morgan fingerprint density at radius 3 is 2.45 bits per heavy atom. The molecule has 20 heavy (non-hydrogen) atoms. The first kappa shape index (κ1) is 16.3. The zero-order valence-corrected chi connectivity index (χ0v) is 13.1. The summed E-state index contributed by atoms with van der Waals surface area (Å²) in [5.74, 6) is -0.0757. The molecule has 0 bridgehead atoms. The van der Waals surface area contributed by atoms with Crippen molar-refractivity contribution in [3.63, 3.8) is 0 Å². The standard InChI is InChI=1S/C15H26N4O/c1-11(8-9-18(2)3)17-15(20)12-6-7-14(19(4)5)13(16)10-12/h6-7,10-11H,8-9,16H2,1-5H3,(H,17,20). The molecule has 1 amide bonds. The largest absolute Gasteiger partial charge is 0.397 e. The molecule has 0 radical (unpaired) electrons. The minimum absolute atomic E-state index is 0.0757. The number of amides is 1. The van der Waals surface area contributed by atoms with Crippen LogP contribution in [0.3, 0.4) is 0 Å². The Balaban J connectivity index is 2.66. The second-order valence-corrected chi connectivity index (χ2v) is 5.63. The molecule has 0 heterocycles. The van der Waals surface area contributed by atoms with Gasteiger partial charge in [0.1, 0.15) is 0 Å². The van der Waals surface area contributed by atoms with Crippen molar-refractivity contribution in [3.05, 3.63) is 23.8 Å². The molecule has 0 aliphatic rings. The molecule has 5 nitrogen and oxygen atoms in total. The first-order valence-corrected chi connectivity index (χ1v) is 6.83. The Bertz CT molecular complexity index is 457. The number of anilines is 2. The lowest BCUT2D eigenvalue weighted by atomic mass is 10.1. The summed E-state index contributed by atoms with van der Waals surface area (Å²) in [5, 5.41) is 2.99. The lowest BCUT2D eigenvalue weighted by Gasteiger charge is -2.18. The van der Waals surface area contributed by atoms with Crippen LogP contribution < -0.4 is 16.0 Å². The summed E-state index contributed by atoms with van der Waals surface area (Å²) in [6, 6.07) is 5.54. The Morgan fingerprint density at radius 2 is 1.95 bits per heavy atom. The van der Waals surface area contributed by atoms with Crippen molar-refractivity contribution in [2.45, 2.75) is 19.4 Å². The van der Waals surface area contributed by atoms with Gasteiger partial charge in [0.2, 0.25) is 0 Å². The van der Waals surface area contributed by atoms with Gasteiger partial charge in [-0.15, -0.1) is 0 Å². The Morgan fingerprint density at radius 1 is 1.30 bits per heavy atom. The molecule has 112 valence electrons. The summed E-state index contributed by atoms with van der Waals surface area (Å²) in [5.41, 5.74) is 8.10. The van der Waals surface area contributed by atoms with Crippen molar-refractivity contribution in [3.8, 4) is 0 Å². The predicted octanol–water partition coefficient (Wildman–Crippen LogP) is 1.40. The van der Waals surface area contributed by atoms with E-state index in [0.29, 0.717) is 11.3 Å². The third-order valence-electron chi connectivity index (χ3n) is 3.16. The van der Waals surface area contributed by atoms with Crippen molar-refractivity contribution >= 4 is 17.3 Å². The maximum absolute atomic E-state index is 12.1. The number of benzene rings is 1. The molecular weight excluding hydrogens is 252 g/mol. The van der Waals surface area contributed by atoms with Gasteiger partial charge in [0.25, 0.3) is 5.91 Å². The number of nitrogens with one attached hydrogen (secondary N) is 1. The molecule has 0 spiro atoms. The van der Waals surface area contributed by atoms with Crippen molar-refractivity contribution < 1.29 is 4.79 Å². The van der Waals surface area contributed by atoms with E-state index in [4.69, 9.17) is 5.73 Å². The quantitative estimate of drug-likeness (QED) is 0.772. The molecule has 0 aromatic heterocycles. The molecule has 0 aliphatic carbocycles. The van der Waals surface area contributed by atoms with Crippen molar-refractivity contribution in [1.29, 1.82) is 0 Å². The zero-order chi connectivity index (χ0) is 15.3. The highest BCUT2D eigenvalue weighted by Crippen LogP contribution is 2.22. The van der Waals surface area contributed by atoms with Gasteiger partial charge in [-0.25, -0.2) is 0 Å². The van der Waals surface area contributed by atoms with Crippen molar-refractivity contribution in [1.82, 2.24) is 10.2 Å². The average Bonchev–Trinajstić information content (AvgIpc) is 2.35. The highest BCUT2D eigenvalue weighted by molar-refractivity contribution is 5.96. The summed E-state index contributed by atoms with van der Waals surface area (Å²) in [6.07, 6.45) is 0.921. The van der Waals surface area contributed by atoms with E-state index in [1.165, 1.54) is 0 Å². The Kier molecular flexibility index (Phi) is 5.82. The van der Waals surface area contributed by atoms with Crippen LogP contribution in [-0.4, -0.2) is 51.6 Å². The van der Waals surface area contributed by atoms with E-state index in [1.807, 2.05) is 46.1 Å². The molecule has 0 saturated heterocycles. The van der Waals surface area contributed by atoms with Crippen LogP contribution in [0.25, 0.3) is 0 Å². The number of nitrogens with two attached hydrogens (primary N) is 1. The van der Waals surface area contributed by atoms with Crippen LogP contribution in [0.2, 0.25) is 0 Å². The minimum atomic E-state index is -0.0757. The van der Waals surface area contributed by atoms with Gasteiger partial charge in [0.05, 0.1) is 11.4 Å². The number of carbonyl (C=O) groups excluding carboxylic acids is 1. The van der Waals surface area contributed by atoms with Crippen LogP contribution in [-0.2, 0) is 0 Å². The summed E-state index contributed by atoms with van der Waals surface area (Å²) in [6.45, 7) is 2.96. The molecule has 1 atom stereocenters. The lowest BCUT2D eigenvalue weighted by Crippen LogP contribution is -2.34. The van der Waals surface area contributed by atoms with Crippen LogP contribution in [0.4, 0.5) is 11.4 Å². The SMILES string of the molecule is CC(CCN(C)C)NC(=O)c1ccc(N(C)C)c(N)c1. The molecule has 3 N–H and O–H groups in total. The number of hydrogen-bond donors (Lipinski definition) is 2. The molecule has 0 aliphatic heterocycles. The fourth-order valence-electron chi connectivity index (χ4n) is 1.93. The van der Waals surface area contributed by atoms with Crippen LogP contribution in [0, 0.1) is 0 Å². The first-order chi connectivity index (χ1) is 9.31. The van der Waals surface area contributed by atoms with E-state index < -0.39 is 0 Å². The number of nitrogen functional groups attached to an aromatic ring is 1. The number of hydrogen-bond acceptors (Lipinski definition) is 4. The number of carbonyl (C=O) groups is 1. The average molecular weight is 278 g/mol. The van der Waals surface area contributed by atoms with E-state index in [2.05, 4.69) is 10.2 Å². The Hall–Kier alpha value is -1.75. The molecular formula is C15H26N4O. The summed E-state index contributed by atoms with van der Waals surface area (Å²) in [4.78, 5) is 16.2. The van der Waals surface area contributed by atoms with Gasteiger partial charge >= 0.3 is 0 Å². The van der Waals surface area contributed by atoms with Crippen LogP contribution in [0.1, 0.15) is 23.7 Å². The maximum Gasteiger partial charge on any atom is 0.251 e. The normalized spacial score (nSPS) is 12.3. The van der Waals surface area contributed by atoms with Gasteiger partial charge < -0.3 is 20.9 Å². The topological polar surface area (TPSA) is 61.6 Å². The van der Waals surface area contributed by atoms with Gasteiger partial charge in [0, 0.05) is 25.7 Å². The third kappa shape index (κ3) is 4.74. The van der Waals surface area contributed by atoms with E-state index >= 15 is 0 Å². The molecule has 1 unspecified atom stereocenters. The van der Waals surface area contributed by atoms with E-state index in [-0.39, 0.29) is 11.9 Å². The minimum Gasteiger partial charge on any atom is -0.397 e. The fourth-order valence-corrected chi connectivity index (χ4v) is 1.93. The lowest BCUT2D eigenvalue weighted by molar-refractivity contribution is 0.0937. The number of rotatable bonds is 6. The molecule has 5 heteroatoms. The zero-order valence-electron chi connectivity index (χ0n) is 13.1. The second kappa shape index (κ2) is 7.14.